The molecule has 1 heterocycles. The molecule has 0 unspecified atom stereocenters. The molecule has 1 aromatic rings. The zero-order valence-electron chi connectivity index (χ0n) is 13.2. The molecule has 10 heteroatoms. The van der Waals surface area contributed by atoms with Crippen molar-refractivity contribution < 1.29 is 22.9 Å². The number of nitrogens with one attached hydrogen (secondary N) is 1. The molecule has 25 heavy (non-hydrogen) atoms. The van der Waals surface area contributed by atoms with Gasteiger partial charge in [-0.15, -0.1) is 0 Å². The molecule has 1 fully saturated rings. The van der Waals surface area contributed by atoms with E-state index in [1.165, 1.54) is 6.42 Å². The van der Waals surface area contributed by atoms with Crippen LogP contribution in [0.15, 0.2) is 18.2 Å². The van der Waals surface area contributed by atoms with E-state index in [9.17, 15) is 28.1 Å². The van der Waals surface area contributed by atoms with Crippen LogP contribution in [-0.2, 0) is 11.0 Å². The van der Waals surface area contributed by atoms with Crippen molar-refractivity contribution in [3.05, 3.63) is 33.9 Å². The number of nitro benzene ring substituents is 1. The zero-order valence-corrected chi connectivity index (χ0v) is 14.8. The van der Waals surface area contributed by atoms with Gasteiger partial charge in [0.15, 0.2) is 0 Å². The minimum Gasteiger partial charge on any atom is -0.326 e. The summed E-state index contributed by atoms with van der Waals surface area (Å²) in [4.78, 5) is 21.5. The first-order chi connectivity index (χ1) is 11.8. The van der Waals surface area contributed by atoms with Gasteiger partial charge < -0.3 is 5.32 Å². The molecule has 0 bridgehead atoms. The van der Waals surface area contributed by atoms with Crippen LogP contribution in [0.5, 0.6) is 0 Å². The Labute approximate surface area is 150 Å². The van der Waals surface area contributed by atoms with E-state index < -0.39 is 28.3 Å². The van der Waals surface area contributed by atoms with E-state index in [-0.39, 0.29) is 12.1 Å². The first-order valence-electron chi connectivity index (χ1n) is 7.71. The monoisotopic (exact) mass is 394 g/mol. The summed E-state index contributed by atoms with van der Waals surface area (Å²) in [6.45, 7) is 0. The Hall–Kier alpha value is -1.42. The van der Waals surface area contributed by atoms with Crippen molar-refractivity contribution in [3.63, 3.8) is 0 Å². The first-order valence-corrected chi connectivity index (χ1v) is 10.1. The number of nitro groups is 1. The van der Waals surface area contributed by atoms with E-state index in [0.29, 0.717) is 17.7 Å². The summed E-state index contributed by atoms with van der Waals surface area (Å²) >= 11 is 0. The summed E-state index contributed by atoms with van der Waals surface area (Å²) in [6, 6.07) is 2.47. The zero-order chi connectivity index (χ0) is 18.4. The maximum Gasteiger partial charge on any atom is 0.423 e. The van der Waals surface area contributed by atoms with Crippen LogP contribution in [0.25, 0.3) is 0 Å². The average molecular weight is 394 g/mol. The highest BCUT2D eigenvalue weighted by atomic mass is 33.1. The van der Waals surface area contributed by atoms with Gasteiger partial charge in [-0.1, -0.05) is 28.0 Å². The molecule has 1 aliphatic rings. The van der Waals surface area contributed by atoms with Crippen molar-refractivity contribution in [2.75, 3.05) is 11.1 Å². The predicted molar refractivity (Wildman–Crippen MR) is 93.7 cm³/mol. The molecule has 2 rings (SSSR count). The lowest BCUT2D eigenvalue weighted by Gasteiger charge is -2.11. The van der Waals surface area contributed by atoms with Gasteiger partial charge in [-0.3, -0.25) is 14.9 Å². The van der Waals surface area contributed by atoms with Crippen LogP contribution in [0.2, 0.25) is 0 Å². The van der Waals surface area contributed by atoms with E-state index >= 15 is 0 Å². The molecule has 1 amide bonds. The van der Waals surface area contributed by atoms with Crippen LogP contribution >= 0.6 is 21.6 Å². The van der Waals surface area contributed by atoms with Gasteiger partial charge in [-0.25, -0.2) is 0 Å². The van der Waals surface area contributed by atoms with Crippen molar-refractivity contribution in [2.45, 2.75) is 43.5 Å². The van der Waals surface area contributed by atoms with Crippen LogP contribution in [0.1, 0.15) is 37.7 Å². The van der Waals surface area contributed by atoms with Gasteiger partial charge in [-0.05, 0) is 31.4 Å². The van der Waals surface area contributed by atoms with E-state index in [1.807, 2.05) is 21.6 Å². The maximum atomic E-state index is 12.9. The van der Waals surface area contributed by atoms with Crippen molar-refractivity contribution >= 4 is 38.9 Å². The Morgan fingerprint density at radius 2 is 2.12 bits per heavy atom. The number of alkyl halides is 3. The van der Waals surface area contributed by atoms with Gasteiger partial charge in [0.25, 0.3) is 5.69 Å². The highest BCUT2D eigenvalue weighted by Crippen LogP contribution is 2.40. The molecule has 1 N–H and O–H groups in total. The van der Waals surface area contributed by atoms with Crippen LogP contribution < -0.4 is 5.32 Å². The lowest BCUT2D eigenvalue weighted by molar-refractivity contribution is -0.388. The number of hydrogen-bond donors (Lipinski definition) is 1. The van der Waals surface area contributed by atoms with E-state index in [4.69, 9.17) is 0 Å². The second kappa shape index (κ2) is 8.79. The Balaban J connectivity index is 1.88. The molecule has 1 aromatic carbocycles. The smallest absolute Gasteiger partial charge is 0.326 e. The van der Waals surface area contributed by atoms with E-state index in [0.717, 1.165) is 30.7 Å². The van der Waals surface area contributed by atoms with Crippen LogP contribution in [-0.4, -0.2) is 21.8 Å². The normalized spacial score (nSPS) is 17.5. The molecule has 138 valence electrons. The SMILES string of the molecule is O=C(CCCC[C@@H]1CCSS1)Nc1ccc([N+](=O)[O-])c(C(F)(F)F)c1. The standard InChI is InChI=1S/C15H17F3N2O3S2/c16-15(17,18)12-9-10(5-6-13(12)20(22)23)19-14(21)4-2-1-3-11-7-8-24-25-11/h5-6,9,11H,1-4,7-8H2,(H,19,21)/t11-/m1/s1. The fourth-order valence-electron chi connectivity index (χ4n) is 2.45. The van der Waals surface area contributed by atoms with Gasteiger partial charge in [0.05, 0.1) is 4.92 Å². The van der Waals surface area contributed by atoms with Gasteiger partial charge in [0.1, 0.15) is 5.56 Å². The molecule has 0 spiro atoms. The Bertz CT molecular complexity index is 635. The maximum absolute atomic E-state index is 12.9. The number of rotatable bonds is 7. The molecule has 0 aromatic heterocycles. The Kier molecular flexibility index (Phi) is 7.00. The van der Waals surface area contributed by atoms with Gasteiger partial charge >= 0.3 is 6.18 Å². The second-order valence-corrected chi connectivity index (χ2v) is 8.40. The van der Waals surface area contributed by atoms with Crippen LogP contribution in [0.4, 0.5) is 24.5 Å². The second-order valence-electron chi connectivity index (χ2n) is 5.61. The summed E-state index contributed by atoms with van der Waals surface area (Å²) in [5.74, 6) is 0.757. The number of carbonyl (C=O) groups excluding carboxylic acids is 1. The summed E-state index contributed by atoms with van der Waals surface area (Å²) in [5, 5.41) is 13.7. The molecular weight excluding hydrogens is 377 g/mol. The topological polar surface area (TPSA) is 72.2 Å². The molecule has 1 atom stereocenters. The fourth-order valence-corrected chi connectivity index (χ4v) is 5.47. The van der Waals surface area contributed by atoms with E-state index in [2.05, 4.69) is 5.32 Å². The third kappa shape index (κ3) is 6.10. The van der Waals surface area contributed by atoms with Crippen LogP contribution in [0, 0.1) is 10.1 Å². The fraction of sp³-hybridized carbons (Fsp3) is 0.533. The predicted octanol–water partition coefficient (Wildman–Crippen LogP) is 5.27. The highest BCUT2D eigenvalue weighted by Gasteiger charge is 2.38. The van der Waals surface area contributed by atoms with Crippen molar-refractivity contribution in [2.24, 2.45) is 0 Å². The Morgan fingerprint density at radius 3 is 2.72 bits per heavy atom. The molecule has 1 saturated heterocycles. The minimum atomic E-state index is -4.86. The van der Waals surface area contributed by atoms with Crippen molar-refractivity contribution in [3.8, 4) is 0 Å². The number of carbonyl (C=O) groups is 1. The molecule has 5 nitrogen and oxygen atoms in total. The number of unbranched alkanes of at least 4 members (excludes halogenated alkanes) is 1. The summed E-state index contributed by atoms with van der Waals surface area (Å²) in [5.41, 5.74) is -2.49. The highest BCUT2D eigenvalue weighted by molar-refractivity contribution is 8.77. The summed E-state index contributed by atoms with van der Waals surface area (Å²) in [7, 11) is 3.72. The number of benzene rings is 1. The number of halogens is 3. The third-order valence-electron chi connectivity index (χ3n) is 3.69. The lowest BCUT2D eigenvalue weighted by Crippen LogP contribution is -2.14. The van der Waals surface area contributed by atoms with Crippen molar-refractivity contribution in [1.29, 1.82) is 0 Å². The summed E-state index contributed by atoms with van der Waals surface area (Å²) in [6.07, 6.45) is -0.902. The summed E-state index contributed by atoms with van der Waals surface area (Å²) < 4.78 is 38.7. The average Bonchev–Trinajstić information content (AvgIpc) is 3.04. The minimum absolute atomic E-state index is 0.0920. The number of amides is 1. The Morgan fingerprint density at radius 1 is 1.36 bits per heavy atom. The van der Waals surface area contributed by atoms with Gasteiger partial charge in [-0.2, -0.15) is 13.2 Å². The molecule has 0 saturated carbocycles. The van der Waals surface area contributed by atoms with Gasteiger partial charge in [0, 0.05) is 29.2 Å². The van der Waals surface area contributed by atoms with Crippen LogP contribution in [0.3, 0.4) is 0 Å². The lowest BCUT2D eigenvalue weighted by atomic mass is 10.1. The number of hydrogen-bond acceptors (Lipinski definition) is 5. The van der Waals surface area contributed by atoms with E-state index in [1.54, 1.807) is 0 Å². The third-order valence-corrected chi connectivity index (χ3v) is 6.70. The first kappa shape index (κ1) is 19.9. The van der Waals surface area contributed by atoms with Gasteiger partial charge in [0.2, 0.25) is 5.91 Å². The number of anilines is 1. The number of nitrogens with zero attached hydrogens (tertiary/aromatic N) is 1. The van der Waals surface area contributed by atoms with Crippen molar-refractivity contribution in [1.82, 2.24) is 0 Å². The quantitative estimate of drug-likeness (QED) is 0.295. The molecule has 1 aliphatic heterocycles. The molecule has 0 radical (unpaired) electrons. The largest absolute Gasteiger partial charge is 0.423 e. The molecule has 0 aliphatic carbocycles. The molecular formula is C15H17F3N2O3S2.